The molecule has 4 rings (SSSR count). The third-order valence-electron chi connectivity index (χ3n) is 7.99. The summed E-state index contributed by atoms with van der Waals surface area (Å²) < 4.78 is 0. The molecule has 2 atom stereocenters. The van der Waals surface area contributed by atoms with Gasteiger partial charge in [-0.25, -0.2) is 4.79 Å². The van der Waals surface area contributed by atoms with E-state index in [1.165, 1.54) is 11.3 Å². The van der Waals surface area contributed by atoms with Gasteiger partial charge in [0.05, 0.1) is 0 Å². The van der Waals surface area contributed by atoms with E-state index in [4.69, 9.17) is 11.6 Å². The highest BCUT2D eigenvalue weighted by atomic mass is 35.5. The molecule has 2 unspecified atom stereocenters. The number of halogens is 1. The van der Waals surface area contributed by atoms with Crippen LogP contribution in [0.25, 0.3) is 6.08 Å². The van der Waals surface area contributed by atoms with Crippen LogP contribution in [0.3, 0.4) is 0 Å². The summed E-state index contributed by atoms with van der Waals surface area (Å²) in [5.74, 6) is 0.164. The zero-order chi connectivity index (χ0) is 24.1. The molecule has 3 saturated heterocycles. The smallest absolute Gasteiger partial charge is 0.323 e. The van der Waals surface area contributed by atoms with Gasteiger partial charge in [-0.1, -0.05) is 55.3 Å². The van der Waals surface area contributed by atoms with Crippen molar-refractivity contribution < 1.29 is 9.59 Å². The average Bonchev–Trinajstić information content (AvgIpc) is 3.34. The lowest BCUT2D eigenvalue weighted by Crippen LogP contribution is -2.56. The van der Waals surface area contributed by atoms with Crippen LogP contribution in [0.15, 0.2) is 35.4 Å². The number of urea groups is 1. The number of benzene rings is 1. The van der Waals surface area contributed by atoms with Crippen molar-refractivity contribution in [2.75, 3.05) is 39.8 Å². The van der Waals surface area contributed by atoms with Gasteiger partial charge in [-0.05, 0) is 82.8 Å². The largest absolute Gasteiger partial charge is 0.325 e. The molecule has 7 heteroatoms. The van der Waals surface area contributed by atoms with E-state index in [-0.39, 0.29) is 17.9 Å². The van der Waals surface area contributed by atoms with Crippen molar-refractivity contribution in [3.63, 3.8) is 0 Å². The maximum atomic E-state index is 13.7. The zero-order valence-corrected chi connectivity index (χ0v) is 21.4. The first kappa shape index (κ1) is 25.2. The molecule has 1 N–H and O–H groups in total. The fraction of sp³-hybridized carbons (Fsp3) is 0.630. The van der Waals surface area contributed by atoms with E-state index in [1.54, 1.807) is 0 Å². The van der Waals surface area contributed by atoms with Crippen LogP contribution in [0.5, 0.6) is 0 Å². The van der Waals surface area contributed by atoms with Crippen molar-refractivity contribution >= 4 is 29.6 Å². The molecule has 0 radical (unpaired) electrons. The van der Waals surface area contributed by atoms with Gasteiger partial charge in [0.25, 0.3) is 5.91 Å². The minimum atomic E-state index is -0.747. The second-order valence-corrected chi connectivity index (χ2v) is 10.7. The van der Waals surface area contributed by atoms with Crippen molar-refractivity contribution in [1.82, 2.24) is 20.0 Å². The topological polar surface area (TPSA) is 55.9 Å². The van der Waals surface area contributed by atoms with Gasteiger partial charge in [-0.15, -0.1) is 0 Å². The van der Waals surface area contributed by atoms with Gasteiger partial charge in [-0.2, -0.15) is 0 Å². The Bertz CT molecular complexity index is 884. The van der Waals surface area contributed by atoms with Crippen molar-refractivity contribution in [1.29, 1.82) is 0 Å². The van der Waals surface area contributed by atoms with Gasteiger partial charge in [-0.3, -0.25) is 14.6 Å². The second-order valence-electron chi connectivity index (χ2n) is 10.2. The number of piperidine rings is 1. The predicted octanol–water partition coefficient (Wildman–Crippen LogP) is 4.55. The van der Waals surface area contributed by atoms with E-state index < -0.39 is 5.54 Å². The Labute approximate surface area is 209 Å². The molecular weight excluding hydrogens is 448 g/mol. The van der Waals surface area contributed by atoms with Crippen molar-refractivity contribution in [2.45, 2.75) is 63.5 Å². The number of nitrogens with zero attached hydrogens (tertiary/aromatic N) is 3. The molecule has 0 aliphatic carbocycles. The first-order valence-electron chi connectivity index (χ1n) is 12.9. The van der Waals surface area contributed by atoms with Crippen LogP contribution in [0.4, 0.5) is 4.79 Å². The Morgan fingerprint density at radius 2 is 1.88 bits per heavy atom. The molecule has 3 aliphatic heterocycles. The third kappa shape index (κ3) is 5.50. The summed E-state index contributed by atoms with van der Waals surface area (Å²) in [6.45, 7) is 6.19. The van der Waals surface area contributed by atoms with Crippen LogP contribution >= 0.6 is 11.6 Å². The number of nitrogens with one attached hydrogen (secondary N) is 1. The standard InChI is InChI=1S/C27H39ClN4O2/c1-3-14-27(25(33)32(26(34)29-27)18-13-24-10-7-15-30(24)2)22-11-16-31(17-12-22)20-23(28)19-21-8-5-4-6-9-21/h4-6,8-9,19,22,24H,3,7,10-18,20H2,1-2H3,(H,29,34). The fourth-order valence-corrected chi connectivity index (χ4v) is 6.38. The highest BCUT2D eigenvalue weighted by Gasteiger charge is 2.55. The monoisotopic (exact) mass is 486 g/mol. The molecule has 6 nitrogen and oxygen atoms in total. The summed E-state index contributed by atoms with van der Waals surface area (Å²) in [5, 5.41) is 4.00. The van der Waals surface area contributed by atoms with E-state index in [0.29, 0.717) is 25.6 Å². The highest BCUT2D eigenvalue weighted by molar-refractivity contribution is 6.31. The molecule has 0 bridgehead atoms. The SMILES string of the molecule is CCCC1(C2CCN(CC(Cl)=Cc3ccccc3)CC2)NC(=O)N(CCC2CCCN2C)C1=O. The zero-order valence-electron chi connectivity index (χ0n) is 20.6. The highest BCUT2D eigenvalue weighted by Crippen LogP contribution is 2.37. The lowest BCUT2D eigenvalue weighted by molar-refractivity contribution is -0.134. The van der Waals surface area contributed by atoms with Crippen molar-refractivity contribution in [3.8, 4) is 0 Å². The number of amides is 3. The van der Waals surface area contributed by atoms with Crippen LogP contribution in [0.1, 0.15) is 57.4 Å². The Balaban J connectivity index is 1.36. The Morgan fingerprint density at radius 1 is 1.15 bits per heavy atom. The van der Waals surface area contributed by atoms with Crippen LogP contribution in [-0.2, 0) is 4.79 Å². The van der Waals surface area contributed by atoms with Crippen molar-refractivity contribution in [3.05, 3.63) is 40.9 Å². The summed E-state index contributed by atoms with van der Waals surface area (Å²) in [5.41, 5.74) is 0.357. The summed E-state index contributed by atoms with van der Waals surface area (Å²) in [6, 6.07) is 10.4. The summed E-state index contributed by atoms with van der Waals surface area (Å²) in [7, 11) is 2.14. The molecule has 1 aromatic rings. The third-order valence-corrected chi connectivity index (χ3v) is 8.21. The van der Waals surface area contributed by atoms with Gasteiger partial charge >= 0.3 is 6.03 Å². The number of hydrogen-bond donors (Lipinski definition) is 1. The van der Waals surface area contributed by atoms with E-state index in [0.717, 1.165) is 62.3 Å². The van der Waals surface area contributed by atoms with Gasteiger partial charge in [0.2, 0.25) is 0 Å². The van der Waals surface area contributed by atoms with Gasteiger partial charge < -0.3 is 10.2 Å². The van der Waals surface area contributed by atoms with E-state index >= 15 is 0 Å². The number of imide groups is 1. The van der Waals surface area contributed by atoms with Gasteiger partial charge in [0, 0.05) is 24.2 Å². The molecular formula is C27H39ClN4O2. The molecule has 186 valence electrons. The van der Waals surface area contributed by atoms with E-state index in [2.05, 4.69) is 29.1 Å². The van der Waals surface area contributed by atoms with E-state index in [9.17, 15) is 9.59 Å². The number of hydrogen-bond acceptors (Lipinski definition) is 4. The lowest BCUT2D eigenvalue weighted by Gasteiger charge is -2.41. The molecule has 3 heterocycles. The molecule has 3 aliphatic rings. The Kier molecular flexibility index (Phi) is 8.33. The maximum Gasteiger partial charge on any atom is 0.325 e. The molecule has 1 aromatic carbocycles. The van der Waals surface area contributed by atoms with Crippen molar-refractivity contribution in [2.24, 2.45) is 5.92 Å². The Morgan fingerprint density at radius 3 is 2.53 bits per heavy atom. The number of rotatable bonds is 9. The first-order chi connectivity index (χ1) is 16.4. The van der Waals surface area contributed by atoms with E-state index in [1.807, 2.05) is 36.4 Å². The number of carbonyl (C=O) groups is 2. The maximum absolute atomic E-state index is 13.7. The van der Waals surface area contributed by atoms with Crippen LogP contribution in [-0.4, -0.2) is 78.0 Å². The van der Waals surface area contributed by atoms with Crippen LogP contribution in [0, 0.1) is 5.92 Å². The minimum Gasteiger partial charge on any atom is -0.323 e. The second kappa shape index (κ2) is 11.2. The summed E-state index contributed by atoms with van der Waals surface area (Å²) in [6.07, 6.45) is 8.59. The fourth-order valence-electron chi connectivity index (χ4n) is 6.09. The average molecular weight is 487 g/mol. The molecule has 3 amide bonds. The molecule has 3 fully saturated rings. The number of carbonyl (C=O) groups excluding carboxylic acids is 2. The van der Waals surface area contributed by atoms with Crippen LogP contribution in [0.2, 0.25) is 0 Å². The van der Waals surface area contributed by atoms with Crippen LogP contribution < -0.4 is 5.32 Å². The summed E-state index contributed by atoms with van der Waals surface area (Å²) >= 11 is 6.55. The molecule has 34 heavy (non-hydrogen) atoms. The van der Waals surface area contributed by atoms with Gasteiger partial charge in [0.1, 0.15) is 5.54 Å². The summed E-state index contributed by atoms with van der Waals surface area (Å²) in [4.78, 5) is 32.8. The molecule has 0 saturated carbocycles. The normalized spacial score (nSPS) is 27.6. The molecule has 0 spiro atoms. The first-order valence-corrected chi connectivity index (χ1v) is 13.3. The molecule has 0 aromatic heterocycles. The van der Waals surface area contributed by atoms with Gasteiger partial charge in [0.15, 0.2) is 0 Å². The Hall–Kier alpha value is -1.89. The number of likely N-dealkylation sites (tertiary alicyclic amines) is 2. The minimum absolute atomic E-state index is 0.000422. The lowest BCUT2D eigenvalue weighted by atomic mass is 9.74. The quantitative estimate of drug-likeness (QED) is 0.520. The predicted molar refractivity (Wildman–Crippen MR) is 138 cm³/mol.